The Morgan fingerprint density at radius 3 is 2.13 bits per heavy atom. The van der Waals surface area contributed by atoms with Gasteiger partial charge < -0.3 is 38.3 Å². The number of carboxylic acids is 1. The number of guanidine groups is 1. The van der Waals surface area contributed by atoms with Crippen LogP contribution in [0.4, 0.5) is 0 Å². The number of amides is 3. The van der Waals surface area contributed by atoms with E-state index in [0.29, 0.717) is 18.6 Å². The van der Waals surface area contributed by atoms with Crippen molar-refractivity contribution in [1.29, 1.82) is 0 Å². The molecule has 3 unspecified atom stereocenters. The van der Waals surface area contributed by atoms with Crippen molar-refractivity contribution in [3.63, 3.8) is 0 Å². The van der Waals surface area contributed by atoms with Crippen LogP contribution >= 0.6 is 11.8 Å². The van der Waals surface area contributed by atoms with Crippen molar-refractivity contribution in [1.82, 2.24) is 16.0 Å². The van der Waals surface area contributed by atoms with Gasteiger partial charge in [0.25, 0.3) is 0 Å². The molecule has 12 nitrogen and oxygen atoms in total. The Hall–Kier alpha value is -2.54. The number of rotatable bonds is 15. The Morgan fingerprint density at radius 2 is 1.65 bits per heavy atom. The first-order chi connectivity index (χ1) is 14.5. The maximum absolute atomic E-state index is 12.7. The van der Waals surface area contributed by atoms with Gasteiger partial charge in [0.1, 0.15) is 18.1 Å². The number of aliphatic carboxylic acids is 1. The molecular formula is C18H35N7O5S. The number of thioether (sulfide) groups is 1. The summed E-state index contributed by atoms with van der Waals surface area (Å²) in [5.41, 5.74) is 15.8. The number of aliphatic imine (C=N–C) groups is 1. The van der Waals surface area contributed by atoms with Crippen LogP contribution in [0.3, 0.4) is 0 Å². The van der Waals surface area contributed by atoms with Crippen molar-refractivity contribution >= 4 is 41.4 Å². The van der Waals surface area contributed by atoms with E-state index in [-0.39, 0.29) is 31.4 Å². The third-order valence-electron chi connectivity index (χ3n) is 4.25. The number of nitrogens with one attached hydrogen (secondary N) is 3. The Bertz CT molecular complexity index is 641. The highest BCUT2D eigenvalue weighted by Gasteiger charge is 2.31. The molecule has 13 heteroatoms. The van der Waals surface area contributed by atoms with E-state index < -0.39 is 41.8 Å². The average molecular weight is 462 g/mol. The molecule has 0 fully saturated rings. The molecule has 0 rings (SSSR count). The molecule has 0 aromatic heterocycles. The predicted octanol–water partition coefficient (Wildman–Crippen LogP) is -2.05. The second kappa shape index (κ2) is 15.3. The third-order valence-corrected chi connectivity index (χ3v) is 4.90. The standard InChI is InChI=1S/C18H35N7O5S/c1-10(2)14(25-15(27)11(6-8-31-3)23-13(26)9-19)16(28)24-12(17(29)30)5-4-7-22-18(20)21/h10-12,14H,4-9,19H2,1-3H3,(H,23,26)(H,24,28)(H,25,27)(H,29,30)(H4,20,21,22). The van der Waals surface area contributed by atoms with Gasteiger partial charge in [-0.1, -0.05) is 13.8 Å². The van der Waals surface area contributed by atoms with Crippen molar-refractivity contribution in [2.45, 2.75) is 51.2 Å². The highest BCUT2D eigenvalue weighted by Crippen LogP contribution is 2.07. The van der Waals surface area contributed by atoms with Gasteiger partial charge in [0, 0.05) is 6.54 Å². The van der Waals surface area contributed by atoms with Crippen LogP contribution in [0.25, 0.3) is 0 Å². The van der Waals surface area contributed by atoms with Gasteiger partial charge in [-0.15, -0.1) is 0 Å². The first-order valence-corrected chi connectivity index (χ1v) is 11.3. The summed E-state index contributed by atoms with van der Waals surface area (Å²) in [6.07, 6.45) is 2.67. The summed E-state index contributed by atoms with van der Waals surface area (Å²) in [6.45, 7) is 3.39. The first-order valence-electron chi connectivity index (χ1n) is 9.90. The lowest BCUT2D eigenvalue weighted by atomic mass is 10.0. The Kier molecular flexibility index (Phi) is 14.0. The Labute approximate surface area is 186 Å². The highest BCUT2D eigenvalue weighted by atomic mass is 32.2. The van der Waals surface area contributed by atoms with Crippen LogP contribution in [-0.2, 0) is 19.2 Å². The molecule has 0 saturated heterocycles. The summed E-state index contributed by atoms with van der Waals surface area (Å²) in [5.74, 6) is -2.69. The SMILES string of the molecule is CSCCC(NC(=O)CN)C(=O)NC(C(=O)NC(CCCN=C(N)N)C(=O)O)C(C)C. The van der Waals surface area contributed by atoms with Crippen LogP contribution in [0.5, 0.6) is 0 Å². The maximum Gasteiger partial charge on any atom is 0.326 e. The molecule has 3 amide bonds. The fraction of sp³-hybridized carbons (Fsp3) is 0.722. The number of carboxylic acid groups (broad SMARTS) is 1. The van der Waals surface area contributed by atoms with Gasteiger partial charge in [0.15, 0.2) is 5.96 Å². The van der Waals surface area contributed by atoms with Gasteiger partial charge in [-0.25, -0.2) is 4.79 Å². The number of hydrogen-bond acceptors (Lipinski definition) is 7. The van der Waals surface area contributed by atoms with Crippen LogP contribution in [-0.4, -0.2) is 78.0 Å². The van der Waals surface area contributed by atoms with Crippen LogP contribution < -0.4 is 33.2 Å². The summed E-state index contributed by atoms with van der Waals surface area (Å²) in [4.78, 5) is 52.4. The van der Waals surface area contributed by atoms with Gasteiger partial charge in [-0.3, -0.25) is 19.4 Å². The van der Waals surface area contributed by atoms with Crippen molar-refractivity contribution < 1.29 is 24.3 Å². The normalized spacial score (nSPS) is 13.6. The number of carbonyl (C=O) groups is 4. The summed E-state index contributed by atoms with van der Waals surface area (Å²) in [5, 5.41) is 17.0. The molecule has 0 aromatic rings. The van der Waals surface area contributed by atoms with Gasteiger partial charge >= 0.3 is 5.97 Å². The molecule has 3 atom stereocenters. The van der Waals surface area contributed by atoms with Crippen molar-refractivity contribution in [3.8, 4) is 0 Å². The Balaban J connectivity index is 5.16. The Morgan fingerprint density at radius 1 is 1.00 bits per heavy atom. The summed E-state index contributed by atoms with van der Waals surface area (Å²) in [6, 6.07) is -3.00. The zero-order valence-electron chi connectivity index (χ0n) is 18.2. The minimum Gasteiger partial charge on any atom is -0.480 e. The van der Waals surface area contributed by atoms with E-state index in [1.165, 1.54) is 11.8 Å². The van der Waals surface area contributed by atoms with Gasteiger partial charge in [-0.2, -0.15) is 11.8 Å². The lowest BCUT2D eigenvalue weighted by Gasteiger charge is -2.26. The largest absolute Gasteiger partial charge is 0.480 e. The second-order valence-corrected chi connectivity index (χ2v) is 8.17. The lowest BCUT2D eigenvalue weighted by Crippen LogP contribution is -2.57. The topological polar surface area (TPSA) is 215 Å². The van der Waals surface area contributed by atoms with Crippen LogP contribution in [0.2, 0.25) is 0 Å². The molecule has 0 bridgehead atoms. The molecular weight excluding hydrogens is 426 g/mol. The minimum atomic E-state index is -1.21. The van der Waals surface area contributed by atoms with E-state index in [1.54, 1.807) is 13.8 Å². The lowest BCUT2D eigenvalue weighted by molar-refractivity contribution is -0.142. The van der Waals surface area contributed by atoms with Crippen LogP contribution in [0.15, 0.2) is 4.99 Å². The zero-order chi connectivity index (χ0) is 24.0. The molecule has 0 spiro atoms. The molecule has 178 valence electrons. The van der Waals surface area contributed by atoms with E-state index in [2.05, 4.69) is 20.9 Å². The van der Waals surface area contributed by atoms with Crippen molar-refractivity contribution in [3.05, 3.63) is 0 Å². The first kappa shape index (κ1) is 28.5. The molecule has 0 aromatic carbocycles. The molecule has 31 heavy (non-hydrogen) atoms. The quantitative estimate of drug-likeness (QED) is 0.0810. The average Bonchev–Trinajstić information content (AvgIpc) is 2.70. The van der Waals surface area contributed by atoms with Crippen LogP contribution in [0.1, 0.15) is 33.1 Å². The van der Waals surface area contributed by atoms with Gasteiger partial charge in [0.2, 0.25) is 17.7 Å². The summed E-state index contributed by atoms with van der Waals surface area (Å²) < 4.78 is 0. The fourth-order valence-electron chi connectivity index (χ4n) is 2.57. The molecule has 0 heterocycles. The van der Waals surface area contributed by atoms with E-state index in [1.807, 2.05) is 6.26 Å². The highest BCUT2D eigenvalue weighted by molar-refractivity contribution is 7.98. The van der Waals surface area contributed by atoms with Gasteiger partial charge in [-0.05, 0) is 37.2 Å². The molecule has 0 aliphatic carbocycles. The number of carbonyl (C=O) groups excluding carboxylic acids is 3. The number of nitrogens with zero attached hydrogens (tertiary/aromatic N) is 1. The van der Waals surface area contributed by atoms with E-state index >= 15 is 0 Å². The molecule has 0 aliphatic heterocycles. The predicted molar refractivity (Wildman–Crippen MR) is 120 cm³/mol. The summed E-state index contributed by atoms with van der Waals surface area (Å²) in [7, 11) is 0. The van der Waals surface area contributed by atoms with E-state index in [0.717, 1.165) is 0 Å². The maximum atomic E-state index is 12.7. The molecule has 0 saturated carbocycles. The third kappa shape index (κ3) is 12.0. The van der Waals surface area contributed by atoms with Gasteiger partial charge in [0.05, 0.1) is 6.54 Å². The monoisotopic (exact) mass is 461 g/mol. The number of nitrogens with two attached hydrogens (primary N) is 3. The van der Waals surface area contributed by atoms with Crippen molar-refractivity contribution in [2.75, 3.05) is 25.1 Å². The molecule has 0 aliphatic rings. The smallest absolute Gasteiger partial charge is 0.326 e. The second-order valence-electron chi connectivity index (χ2n) is 7.18. The number of hydrogen-bond donors (Lipinski definition) is 7. The van der Waals surface area contributed by atoms with E-state index in [4.69, 9.17) is 17.2 Å². The molecule has 10 N–H and O–H groups in total. The molecule has 0 radical (unpaired) electrons. The van der Waals surface area contributed by atoms with Crippen LogP contribution in [0, 0.1) is 5.92 Å². The fourth-order valence-corrected chi connectivity index (χ4v) is 3.04. The van der Waals surface area contributed by atoms with E-state index in [9.17, 15) is 24.3 Å². The van der Waals surface area contributed by atoms with Crippen molar-refractivity contribution in [2.24, 2.45) is 28.1 Å². The zero-order valence-corrected chi connectivity index (χ0v) is 19.0. The minimum absolute atomic E-state index is 0.101. The summed E-state index contributed by atoms with van der Waals surface area (Å²) >= 11 is 1.50.